The Balaban J connectivity index is 2.60. The monoisotopic (exact) mass is 210 g/mol. The van der Waals surface area contributed by atoms with E-state index in [2.05, 4.69) is 13.8 Å². The SMILES string of the molecule is CCCC(=O)C(CC)C(=O)C1CC1(C)C. The minimum absolute atomic E-state index is 0.142. The summed E-state index contributed by atoms with van der Waals surface area (Å²) >= 11 is 0. The molecular weight excluding hydrogens is 188 g/mol. The topological polar surface area (TPSA) is 34.1 Å². The summed E-state index contributed by atoms with van der Waals surface area (Å²) in [6, 6.07) is 0. The molecule has 1 aliphatic carbocycles. The second-order valence-electron chi connectivity index (χ2n) is 5.32. The molecule has 15 heavy (non-hydrogen) atoms. The molecule has 2 heteroatoms. The zero-order valence-corrected chi connectivity index (χ0v) is 10.3. The number of hydrogen-bond acceptors (Lipinski definition) is 2. The third-order valence-corrected chi connectivity index (χ3v) is 3.49. The molecule has 1 saturated carbocycles. The van der Waals surface area contributed by atoms with Crippen LogP contribution < -0.4 is 0 Å². The van der Waals surface area contributed by atoms with E-state index in [0.29, 0.717) is 12.8 Å². The molecule has 2 nitrogen and oxygen atoms in total. The zero-order valence-electron chi connectivity index (χ0n) is 10.3. The van der Waals surface area contributed by atoms with Gasteiger partial charge in [-0.25, -0.2) is 0 Å². The van der Waals surface area contributed by atoms with E-state index in [1.807, 2.05) is 13.8 Å². The standard InChI is InChI=1S/C13H22O2/c1-5-7-11(14)9(6-2)12(15)10-8-13(10,3)4/h9-10H,5-8H2,1-4H3. The second-order valence-corrected chi connectivity index (χ2v) is 5.32. The van der Waals surface area contributed by atoms with Crippen molar-refractivity contribution in [2.45, 2.75) is 53.4 Å². The molecule has 86 valence electrons. The van der Waals surface area contributed by atoms with Crippen LogP contribution in [-0.2, 0) is 9.59 Å². The maximum atomic E-state index is 12.0. The van der Waals surface area contributed by atoms with Crippen LogP contribution in [0.25, 0.3) is 0 Å². The quantitative estimate of drug-likeness (QED) is 0.631. The van der Waals surface area contributed by atoms with E-state index in [1.54, 1.807) is 0 Å². The Kier molecular flexibility index (Phi) is 3.69. The summed E-state index contributed by atoms with van der Waals surface area (Å²) < 4.78 is 0. The summed E-state index contributed by atoms with van der Waals surface area (Å²) in [6.45, 7) is 8.13. The molecule has 1 aliphatic rings. The minimum Gasteiger partial charge on any atom is -0.299 e. The molecule has 2 atom stereocenters. The summed E-state index contributed by atoms with van der Waals surface area (Å²) in [5.41, 5.74) is 0.150. The number of Topliss-reactive ketones (excluding diaryl/α,β-unsaturated/α-hetero) is 2. The van der Waals surface area contributed by atoms with Crippen LogP contribution in [0.3, 0.4) is 0 Å². The fourth-order valence-electron chi connectivity index (χ4n) is 2.20. The van der Waals surface area contributed by atoms with Crippen LogP contribution in [0.2, 0.25) is 0 Å². The first-order valence-corrected chi connectivity index (χ1v) is 6.00. The molecule has 0 aromatic heterocycles. The van der Waals surface area contributed by atoms with Crippen molar-refractivity contribution >= 4 is 11.6 Å². The third kappa shape index (κ3) is 2.67. The average Bonchev–Trinajstić information content (AvgIpc) is 2.76. The van der Waals surface area contributed by atoms with E-state index in [-0.39, 0.29) is 28.8 Å². The summed E-state index contributed by atoms with van der Waals surface area (Å²) in [4.78, 5) is 23.8. The Labute approximate surface area is 92.4 Å². The zero-order chi connectivity index (χ0) is 11.6. The molecule has 0 saturated heterocycles. The molecule has 0 bridgehead atoms. The molecule has 0 amide bonds. The van der Waals surface area contributed by atoms with Crippen molar-refractivity contribution in [1.29, 1.82) is 0 Å². The second kappa shape index (κ2) is 4.46. The molecule has 1 fully saturated rings. The summed E-state index contributed by atoms with van der Waals surface area (Å²) in [5, 5.41) is 0. The highest BCUT2D eigenvalue weighted by Crippen LogP contribution is 2.53. The predicted octanol–water partition coefficient (Wildman–Crippen LogP) is 3.00. The van der Waals surface area contributed by atoms with Crippen molar-refractivity contribution in [3.8, 4) is 0 Å². The van der Waals surface area contributed by atoms with E-state index in [1.165, 1.54) is 0 Å². The van der Waals surface area contributed by atoms with Gasteiger partial charge in [0.25, 0.3) is 0 Å². The Morgan fingerprint density at radius 3 is 2.20 bits per heavy atom. The summed E-state index contributed by atoms with van der Waals surface area (Å²) in [6.07, 6.45) is 3.03. The fraction of sp³-hybridized carbons (Fsp3) is 0.846. The van der Waals surface area contributed by atoms with Crippen LogP contribution in [0.4, 0.5) is 0 Å². The molecule has 0 aromatic rings. The lowest BCUT2D eigenvalue weighted by Gasteiger charge is -2.13. The van der Waals surface area contributed by atoms with Gasteiger partial charge < -0.3 is 0 Å². The van der Waals surface area contributed by atoms with Crippen molar-refractivity contribution in [3.63, 3.8) is 0 Å². The number of ketones is 2. The fourth-order valence-corrected chi connectivity index (χ4v) is 2.20. The first kappa shape index (κ1) is 12.4. The number of hydrogen-bond donors (Lipinski definition) is 0. The largest absolute Gasteiger partial charge is 0.299 e. The van der Waals surface area contributed by atoms with E-state index in [0.717, 1.165) is 12.8 Å². The lowest BCUT2D eigenvalue weighted by molar-refractivity contribution is -0.134. The minimum atomic E-state index is -0.322. The van der Waals surface area contributed by atoms with Gasteiger partial charge in [0.15, 0.2) is 0 Å². The maximum absolute atomic E-state index is 12.0. The molecular formula is C13H22O2. The Bertz CT molecular complexity index is 266. The number of carbonyl (C=O) groups is 2. The third-order valence-electron chi connectivity index (χ3n) is 3.49. The van der Waals surface area contributed by atoms with Crippen molar-refractivity contribution in [2.75, 3.05) is 0 Å². The van der Waals surface area contributed by atoms with Gasteiger partial charge in [0.2, 0.25) is 0 Å². The summed E-state index contributed by atoms with van der Waals surface area (Å²) in [5.74, 6) is 0.161. The summed E-state index contributed by atoms with van der Waals surface area (Å²) in [7, 11) is 0. The highest BCUT2D eigenvalue weighted by atomic mass is 16.2. The van der Waals surface area contributed by atoms with Crippen molar-refractivity contribution in [1.82, 2.24) is 0 Å². The number of rotatable bonds is 6. The Morgan fingerprint density at radius 2 is 1.87 bits per heavy atom. The van der Waals surface area contributed by atoms with Crippen molar-refractivity contribution in [3.05, 3.63) is 0 Å². The lowest BCUT2D eigenvalue weighted by Crippen LogP contribution is -2.26. The molecule has 0 spiro atoms. The van der Waals surface area contributed by atoms with Crippen molar-refractivity contribution in [2.24, 2.45) is 17.3 Å². The average molecular weight is 210 g/mol. The van der Waals surface area contributed by atoms with E-state index in [4.69, 9.17) is 0 Å². The van der Waals surface area contributed by atoms with E-state index >= 15 is 0 Å². The van der Waals surface area contributed by atoms with Gasteiger partial charge in [-0.3, -0.25) is 9.59 Å². The lowest BCUT2D eigenvalue weighted by atomic mass is 9.89. The van der Waals surface area contributed by atoms with Gasteiger partial charge in [0.1, 0.15) is 11.6 Å². The van der Waals surface area contributed by atoms with E-state index in [9.17, 15) is 9.59 Å². The molecule has 0 heterocycles. The van der Waals surface area contributed by atoms with Gasteiger partial charge in [0.05, 0.1) is 5.92 Å². The smallest absolute Gasteiger partial charge is 0.146 e. The molecule has 0 aliphatic heterocycles. The van der Waals surface area contributed by atoms with Gasteiger partial charge in [-0.05, 0) is 24.7 Å². The Morgan fingerprint density at radius 1 is 1.33 bits per heavy atom. The molecule has 1 rings (SSSR count). The van der Waals surface area contributed by atoms with Crippen LogP contribution in [0, 0.1) is 17.3 Å². The van der Waals surface area contributed by atoms with Crippen molar-refractivity contribution < 1.29 is 9.59 Å². The number of carbonyl (C=O) groups excluding carboxylic acids is 2. The van der Waals surface area contributed by atoms with Gasteiger partial charge in [-0.15, -0.1) is 0 Å². The van der Waals surface area contributed by atoms with Crippen LogP contribution in [0.15, 0.2) is 0 Å². The first-order valence-electron chi connectivity index (χ1n) is 6.00. The molecule has 2 unspecified atom stereocenters. The van der Waals surface area contributed by atoms with Gasteiger partial charge in [-0.2, -0.15) is 0 Å². The normalized spacial score (nSPS) is 24.7. The van der Waals surface area contributed by atoms with Crippen LogP contribution >= 0.6 is 0 Å². The van der Waals surface area contributed by atoms with E-state index < -0.39 is 0 Å². The molecule has 0 aromatic carbocycles. The van der Waals surface area contributed by atoms with Gasteiger partial charge in [0, 0.05) is 12.3 Å². The molecule has 0 radical (unpaired) electrons. The van der Waals surface area contributed by atoms with Gasteiger partial charge >= 0.3 is 0 Å². The first-order chi connectivity index (χ1) is 6.94. The Hall–Kier alpha value is -0.660. The molecule has 0 N–H and O–H groups in total. The highest BCUT2D eigenvalue weighted by molar-refractivity contribution is 6.04. The van der Waals surface area contributed by atoms with Crippen LogP contribution in [-0.4, -0.2) is 11.6 Å². The maximum Gasteiger partial charge on any atom is 0.146 e. The van der Waals surface area contributed by atoms with Crippen LogP contribution in [0.1, 0.15) is 53.4 Å². The predicted molar refractivity (Wildman–Crippen MR) is 60.6 cm³/mol. The highest BCUT2D eigenvalue weighted by Gasteiger charge is 2.52. The van der Waals surface area contributed by atoms with Crippen LogP contribution in [0.5, 0.6) is 0 Å². The van der Waals surface area contributed by atoms with Gasteiger partial charge in [-0.1, -0.05) is 27.7 Å².